The highest BCUT2D eigenvalue weighted by Gasteiger charge is 2.23. The summed E-state index contributed by atoms with van der Waals surface area (Å²) >= 11 is 6.05. The molecule has 0 aliphatic carbocycles. The zero-order chi connectivity index (χ0) is 14.4. The van der Waals surface area contributed by atoms with E-state index >= 15 is 0 Å². The molecule has 1 atom stereocenters. The van der Waals surface area contributed by atoms with Crippen molar-refractivity contribution in [2.75, 3.05) is 31.6 Å². The lowest BCUT2D eigenvalue weighted by atomic mass is 10.2. The Labute approximate surface area is 149 Å². The molecule has 6 heteroatoms. The Morgan fingerprint density at radius 3 is 2.95 bits per heavy atom. The summed E-state index contributed by atoms with van der Waals surface area (Å²) in [6.45, 7) is 5.12. The van der Waals surface area contributed by atoms with Crippen molar-refractivity contribution in [1.29, 1.82) is 0 Å². The molecule has 118 valence electrons. The molecule has 0 radical (unpaired) electrons. The lowest BCUT2D eigenvalue weighted by Crippen LogP contribution is -2.44. The molecule has 1 aromatic rings. The highest BCUT2D eigenvalue weighted by Crippen LogP contribution is 2.23. The standard InChI is InChI=1S/C15H23ClN4.HI/c1-3-8-18-15(17-2)19-13-7-9-20(11-13)14-6-4-5-12(16)10-14;/h4-6,10,13H,3,7-9,11H2,1-2H3,(H2,17,18,19);1H. The Bertz CT molecular complexity index is 467. The summed E-state index contributed by atoms with van der Waals surface area (Å²) in [6.07, 6.45) is 2.21. The number of aliphatic imine (C=N–C) groups is 1. The van der Waals surface area contributed by atoms with Gasteiger partial charge >= 0.3 is 0 Å². The molecule has 4 nitrogen and oxygen atoms in total. The fourth-order valence-electron chi connectivity index (χ4n) is 2.42. The molecule has 0 bridgehead atoms. The van der Waals surface area contributed by atoms with Gasteiger partial charge in [-0.2, -0.15) is 0 Å². The lowest BCUT2D eigenvalue weighted by molar-refractivity contribution is 0.647. The lowest BCUT2D eigenvalue weighted by Gasteiger charge is -2.20. The SMILES string of the molecule is CCCNC(=NC)NC1CCN(c2cccc(Cl)c2)C1.I. The van der Waals surface area contributed by atoms with Gasteiger partial charge in [-0.25, -0.2) is 0 Å². The van der Waals surface area contributed by atoms with Crippen LogP contribution in [0, 0.1) is 0 Å². The van der Waals surface area contributed by atoms with Crippen molar-refractivity contribution in [3.05, 3.63) is 29.3 Å². The first-order chi connectivity index (χ1) is 9.72. The van der Waals surface area contributed by atoms with Crippen LogP contribution in [0.2, 0.25) is 5.02 Å². The highest BCUT2D eigenvalue weighted by atomic mass is 127. The number of halogens is 2. The van der Waals surface area contributed by atoms with Crippen molar-refractivity contribution < 1.29 is 0 Å². The van der Waals surface area contributed by atoms with E-state index < -0.39 is 0 Å². The minimum atomic E-state index is 0. The third-order valence-electron chi connectivity index (χ3n) is 3.47. The van der Waals surface area contributed by atoms with Crippen LogP contribution in [0.1, 0.15) is 19.8 Å². The van der Waals surface area contributed by atoms with Crippen LogP contribution in [0.5, 0.6) is 0 Å². The molecule has 0 saturated carbocycles. The number of hydrogen-bond acceptors (Lipinski definition) is 2. The van der Waals surface area contributed by atoms with Gasteiger partial charge in [-0.05, 0) is 31.0 Å². The van der Waals surface area contributed by atoms with Gasteiger partial charge in [-0.3, -0.25) is 4.99 Å². The molecule has 1 aromatic carbocycles. The number of nitrogens with one attached hydrogen (secondary N) is 2. The molecule has 1 aliphatic rings. The van der Waals surface area contributed by atoms with Crippen LogP contribution in [0.4, 0.5) is 5.69 Å². The molecular formula is C15H24ClIN4. The predicted octanol–water partition coefficient (Wildman–Crippen LogP) is 3.11. The van der Waals surface area contributed by atoms with Crippen LogP contribution < -0.4 is 15.5 Å². The molecule has 1 saturated heterocycles. The minimum absolute atomic E-state index is 0. The molecule has 1 aliphatic heterocycles. The summed E-state index contributed by atoms with van der Waals surface area (Å²) in [5, 5.41) is 7.58. The van der Waals surface area contributed by atoms with Crippen molar-refractivity contribution in [3.8, 4) is 0 Å². The quantitative estimate of drug-likeness (QED) is 0.445. The van der Waals surface area contributed by atoms with Gasteiger partial charge in [-0.15, -0.1) is 24.0 Å². The van der Waals surface area contributed by atoms with E-state index in [1.165, 1.54) is 5.69 Å². The first kappa shape index (κ1) is 18.4. The average molecular weight is 423 g/mol. The van der Waals surface area contributed by atoms with E-state index in [-0.39, 0.29) is 24.0 Å². The first-order valence-corrected chi connectivity index (χ1v) is 7.58. The molecule has 0 amide bonds. The molecule has 0 spiro atoms. The monoisotopic (exact) mass is 422 g/mol. The van der Waals surface area contributed by atoms with Gasteiger partial charge in [0.25, 0.3) is 0 Å². The van der Waals surface area contributed by atoms with Crippen LogP contribution >= 0.6 is 35.6 Å². The molecule has 2 rings (SSSR count). The number of guanidine groups is 1. The topological polar surface area (TPSA) is 39.7 Å². The van der Waals surface area contributed by atoms with Gasteiger partial charge in [0.2, 0.25) is 0 Å². The second-order valence-corrected chi connectivity index (χ2v) is 5.49. The Hall–Kier alpha value is -0.690. The summed E-state index contributed by atoms with van der Waals surface area (Å²) in [5.74, 6) is 0.893. The first-order valence-electron chi connectivity index (χ1n) is 7.20. The van der Waals surface area contributed by atoms with E-state index in [0.717, 1.165) is 43.5 Å². The fourth-order valence-corrected chi connectivity index (χ4v) is 2.60. The number of hydrogen-bond donors (Lipinski definition) is 2. The predicted molar refractivity (Wildman–Crippen MR) is 102 cm³/mol. The third-order valence-corrected chi connectivity index (χ3v) is 3.70. The van der Waals surface area contributed by atoms with E-state index in [1.54, 1.807) is 0 Å². The van der Waals surface area contributed by atoms with Gasteiger partial charge in [0.1, 0.15) is 0 Å². The molecule has 1 heterocycles. The maximum atomic E-state index is 6.05. The summed E-state index contributed by atoms with van der Waals surface area (Å²) in [4.78, 5) is 6.61. The summed E-state index contributed by atoms with van der Waals surface area (Å²) in [6, 6.07) is 8.47. The van der Waals surface area contributed by atoms with E-state index in [2.05, 4.69) is 33.5 Å². The Kier molecular flexibility index (Phi) is 8.18. The summed E-state index contributed by atoms with van der Waals surface area (Å²) in [7, 11) is 1.81. The highest BCUT2D eigenvalue weighted by molar-refractivity contribution is 14.0. The second-order valence-electron chi connectivity index (χ2n) is 5.05. The molecular weight excluding hydrogens is 399 g/mol. The normalized spacial score (nSPS) is 18.3. The van der Waals surface area contributed by atoms with E-state index in [4.69, 9.17) is 11.6 Å². The second kappa shape index (κ2) is 9.35. The molecule has 0 aromatic heterocycles. The van der Waals surface area contributed by atoms with E-state index in [0.29, 0.717) is 6.04 Å². The van der Waals surface area contributed by atoms with Gasteiger partial charge in [0.15, 0.2) is 5.96 Å². The van der Waals surface area contributed by atoms with Gasteiger partial charge < -0.3 is 15.5 Å². The van der Waals surface area contributed by atoms with Crippen molar-refractivity contribution >= 4 is 47.2 Å². The van der Waals surface area contributed by atoms with E-state index in [9.17, 15) is 0 Å². The van der Waals surface area contributed by atoms with Gasteiger partial charge in [-0.1, -0.05) is 24.6 Å². The van der Waals surface area contributed by atoms with Crippen molar-refractivity contribution in [3.63, 3.8) is 0 Å². The van der Waals surface area contributed by atoms with Crippen LogP contribution in [0.25, 0.3) is 0 Å². The molecule has 21 heavy (non-hydrogen) atoms. The number of anilines is 1. The van der Waals surface area contributed by atoms with E-state index in [1.807, 2.05) is 25.2 Å². The summed E-state index contributed by atoms with van der Waals surface area (Å²) in [5.41, 5.74) is 1.19. The van der Waals surface area contributed by atoms with Crippen LogP contribution in [-0.4, -0.2) is 38.7 Å². The smallest absolute Gasteiger partial charge is 0.191 e. The maximum Gasteiger partial charge on any atom is 0.191 e. The Morgan fingerprint density at radius 2 is 2.29 bits per heavy atom. The molecule has 2 N–H and O–H groups in total. The van der Waals surface area contributed by atoms with Crippen LogP contribution in [0.3, 0.4) is 0 Å². The Morgan fingerprint density at radius 1 is 1.48 bits per heavy atom. The zero-order valence-corrected chi connectivity index (χ0v) is 15.7. The van der Waals surface area contributed by atoms with Gasteiger partial charge in [0.05, 0.1) is 0 Å². The van der Waals surface area contributed by atoms with Gasteiger partial charge in [0, 0.05) is 43.4 Å². The summed E-state index contributed by atoms with van der Waals surface area (Å²) < 4.78 is 0. The Balaban J connectivity index is 0.00000220. The molecule has 1 fully saturated rings. The number of benzene rings is 1. The average Bonchev–Trinajstić information content (AvgIpc) is 2.92. The largest absolute Gasteiger partial charge is 0.369 e. The van der Waals surface area contributed by atoms with Crippen molar-refractivity contribution in [1.82, 2.24) is 10.6 Å². The van der Waals surface area contributed by atoms with Crippen molar-refractivity contribution in [2.24, 2.45) is 4.99 Å². The number of rotatable bonds is 4. The third kappa shape index (κ3) is 5.54. The minimum Gasteiger partial charge on any atom is -0.369 e. The zero-order valence-electron chi connectivity index (χ0n) is 12.6. The van der Waals surface area contributed by atoms with Crippen molar-refractivity contribution in [2.45, 2.75) is 25.8 Å². The molecule has 1 unspecified atom stereocenters. The maximum absolute atomic E-state index is 6.05. The fraction of sp³-hybridized carbons (Fsp3) is 0.533. The van der Waals surface area contributed by atoms with Crippen LogP contribution in [-0.2, 0) is 0 Å². The van der Waals surface area contributed by atoms with Crippen LogP contribution in [0.15, 0.2) is 29.3 Å². The number of nitrogens with zero attached hydrogens (tertiary/aromatic N) is 2.